The minimum Gasteiger partial charge on any atom is -0.374 e. The molecule has 0 amide bonds. The molecule has 1 aromatic carbocycles. The molecule has 0 aliphatic carbocycles. The molecular formula is C16H20ClN3O. The van der Waals surface area contributed by atoms with Gasteiger partial charge < -0.3 is 9.64 Å². The number of anilines is 1. The highest BCUT2D eigenvalue weighted by molar-refractivity contribution is 6.29. The molecule has 0 aliphatic heterocycles. The van der Waals surface area contributed by atoms with Crippen LogP contribution in [0.5, 0.6) is 0 Å². The van der Waals surface area contributed by atoms with E-state index in [1.54, 1.807) is 6.07 Å². The maximum absolute atomic E-state index is 6.07. The quantitative estimate of drug-likeness (QED) is 0.764. The lowest BCUT2D eigenvalue weighted by Gasteiger charge is -2.19. The molecule has 0 unspecified atom stereocenters. The average Bonchev–Trinajstić information content (AvgIpc) is 2.44. The van der Waals surface area contributed by atoms with E-state index in [0.29, 0.717) is 24.2 Å². The van der Waals surface area contributed by atoms with Crippen LogP contribution >= 0.6 is 11.6 Å². The summed E-state index contributed by atoms with van der Waals surface area (Å²) in [5.41, 5.74) is 2.48. The van der Waals surface area contributed by atoms with Gasteiger partial charge in [-0.1, -0.05) is 41.4 Å². The molecule has 0 fully saturated rings. The number of halogens is 1. The SMILES string of the molecule is CCOCc1nc(Cl)cc(N(C)Cc2cccc(C)c2)n1. The lowest BCUT2D eigenvalue weighted by Crippen LogP contribution is -2.19. The van der Waals surface area contributed by atoms with Gasteiger partial charge in [0.2, 0.25) is 0 Å². The standard InChI is InChI=1S/C16H20ClN3O/c1-4-21-11-15-18-14(17)9-16(19-15)20(3)10-13-7-5-6-12(2)8-13/h5-9H,4,10-11H2,1-3H3. The van der Waals surface area contributed by atoms with Crippen molar-refractivity contribution in [2.75, 3.05) is 18.6 Å². The van der Waals surface area contributed by atoms with Gasteiger partial charge in [0.25, 0.3) is 0 Å². The molecule has 112 valence electrons. The van der Waals surface area contributed by atoms with E-state index < -0.39 is 0 Å². The Balaban J connectivity index is 2.14. The second kappa shape index (κ2) is 7.38. The van der Waals surface area contributed by atoms with Crippen LogP contribution in [0.2, 0.25) is 5.15 Å². The summed E-state index contributed by atoms with van der Waals surface area (Å²) in [5.74, 6) is 1.40. The van der Waals surface area contributed by atoms with Gasteiger partial charge in [0.15, 0.2) is 5.82 Å². The first-order valence-electron chi connectivity index (χ1n) is 6.96. The molecule has 2 rings (SSSR count). The van der Waals surface area contributed by atoms with Crippen LogP contribution in [0.3, 0.4) is 0 Å². The average molecular weight is 306 g/mol. The molecule has 0 atom stereocenters. The number of benzene rings is 1. The second-order valence-electron chi connectivity index (χ2n) is 4.95. The predicted octanol–water partition coefficient (Wildman–Crippen LogP) is 3.61. The first-order valence-corrected chi connectivity index (χ1v) is 7.34. The zero-order chi connectivity index (χ0) is 15.2. The fraction of sp³-hybridized carbons (Fsp3) is 0.375. The summed E-state index contributed by atoms with van der Waals surface area (Å²) in [4.78, 5) is 10.7. The second-order valence-corrected chi connectivity index (χ2v) is 5.33. The Morgan fingerprint density at radius 1 is 1.24 bits per heavy atom. The molecule has 0 N–H and O–H groups in total. The van der Waals surface area contributed by atoms with Crippen LogP contribution in [-0.2, 0) is 17.9 Å². The van der Waals surface area contributed by atoms with Gasteiger partial charge in [-0.15, -0.1) is 0 Å². The number of aryl methyl sites for hydroxylation is 1. The molecule has 4 nitrogen and oxygen atoms in total. The molecule has 0 saturated carbocycles. The molecule has 0 radical (unpaired) electrons. The van der Waals surface area contributed by atoms with E-state index in [2.05, 4.69) is 46.1 Å². The molecule has 0 aliphatic rings. The Hall–Kier alpha value is -1.65. The largest absolute Gasteiger partial charge is 0.374 e. The van der Waals surface area contributed by atoms with Crippen LogP contribution in [0, 0.1) is 6.92 Å². The van der Waals surface area contributed by atoms with E-state index >= 15 is 0 Å². The third-order valence-corrected chi connectivity index (χ3v) is 3.25. The predicted molar refractivity (Wildman–Crippen MR) is 85.7 cm³/mol. The maximum Gasteiger partial charge on any atom is 0.158 e. The molecule has 0 spiro atoms. The third-order valence-electron chi connectivity index (χ3n) is 3.06. The summed E-state index contributed by atoms with van der Waals surface area (Å²) in [6.07, 6.45) is 0. The lowest BCUT2D eigenvalue weighted by molar-refractivity contribution is 0.128. The van der Waals surface area contributed by atoms with Gasteiger partial charge >= 0.3 is 0 Å². The van der Waals surface area contributed by atoms with E-state index in [1.807, 2.05) is 14.0 Å². The Morgan fingerprint density at radius 2 is 2.05 bits per heavy atom. The van der Waals surface area contributed by atoms with Gasteiger partial charge in [-0.3, -0.25) is 0 Å². The highest BCUT2D eigenvalue weighted by Crippen LogP contribution is 2.18. The van der Waals surface area contributed by atoms with E-state index in [9.17, 15) is 0 Å². The number of nitrogens with zero attached hydrogens (tertiary/aromatic N) is 3. The number of rotatable bonds is 6. The minimum atomic E-state index is 0.377. The van der Waals surface area contributed by atoms with Crippen LogP contribution in [0.15, 0.2) is 30.3 Å². The Morgan fingerprint density at radius 3 is 2.76 bits per heavy atom. The van der Waals surface area contributed by atoms with Crippen molar-refractivity contribution in [1.29, 1.82) is 0 Å². The van der Waals surface area contributed by atoms with Crippen molar-refractivity contribution >= 4 is 17.4 Å². The maximum atomic E-state index is 6.07. The number of ether oxygens (including phenoxy) is 1. The first kappa shape index (κ1) is 15.7. The molecule has 5 heteroatoms. The highest BCUT2D eigenvalue weighted by atomic mass is 35.5. The Kier molecular flexibility index (Phi) is 5.53. The number of aromatic nitrogens is 2. The summed E-state index contributed by atoms with van der Waals surface area (Å²) in [6.45, 7) is 5.80. The van der Waals surface area contributed by atoms with Gasteiger partial charge in [-0.05, 0) is 19.4 Å². The first-order chi connectivity index (χ1) is 10.1. The smallest absolute Gasteiger partial charge is 0.158 e. The molecule has 0 saturated heterocycles. The molecule has 2 aromatic rings. The van der Waals surface area contributed by atoms with Crippen molar-refractivity contribution in [3.05, 3.63) is 52.4 Å². The van der Waals surface area contributed by atoms with Crippen LogP contribution in [0.4, 0.5) is 5.82 Å². The molecule has 1 aromatic heterocycles. The zero-order valence-corrected chi connectivity index (χ0v) is 13.4. The van der Waals surface area contributed by atoms with Gasteiger partial charge in [0.1, 0.15) is 17.6 Å². The van der Waals surface area contributed by atoms with Gasteiger partial charge in [-0.2, -0.15) is 0 Å². The zero-order valence-electron chi connectivity index (χ0n) is 12.6. The fourth-order valence-electron chi connectivity index (χ4n) is 2.07. The van der Waals surface area contributed by atoms with Gasteiger partial charge in [-0.25, -0.2) is 9.97 Å². The molecular weight excluding hydrogens is 286 g/mol. The third kappa shape index (κ3) is 4.69. The van der Waals surface area contributed by atoms with Crippen LogP contribution in [0.25, 0.3) is 0 Å². The van der Waals surface area contributed by atoms with Crippen LogP contribution in [-0.4, -0.2) is 23.6 Å². The summed E-state index contributed by atoms with van der Waals surface area (Å²) in [5, 5.41) is 0.436. The van der Waals surface area contributed by atoms with Crippen molar-refractivity contribution < 1.29 is 4.74 Å². The van der Waals surface area contributed by atoms with Crippen molar-refractivity contribution in [2.24, 2.45) is 0 Å². The lowest BCUT2D eigenvalue weighted by atomic mass is 10.1. The van der Waals surface area contributed by atoms with Crippen molar-refractivity contribution in [2.45, 2.75) is 27.0 Å². The minimum absolute atomic E-state index is 0.377. The Bertz CT molecular complexity index is 604. The summed E-state index contributed by atoms with van der Waals surface area (Å²) in [7, 11) is 1.99. The van der Waals surface area contributed by atoms with E-state index in [0.717, 1.165) is 12.4 Å². The van der Waals surface area contributed by atoms with Gasteiger partial charge in [0, 0.05) is 26.3 Å². The normalized spacial score (nSPS) is 10.7. The van der Waals surface area contributed by atoms with E-state index in [4.69, 9.17) is 16.3 Å². The summed E-state index contributed by atoms with van der Waals surface area (Å²) in [6, 6.07) is 10.2. The highest BCUT2D eigenvalue weighted by Gasteiger charge is 2.08. The van der Waals surface area contributed by atoms with Gasteiger partial charge in [0.05, 0.1) is 0 Å². The topological polar surface area (TPSA) is 38.2 Å². The Labute approximate surface area is 130 Å². The van der Waals surface area contributed by atoms with E-state index in [-0.39, 0.29) is 0 Å². The van der Waals surface area contributed by atoms with Crippen molar-refractivity contribution in [1.82, 2.24) is 9.97 Å². The van der Waals surface area contributed by atoms with E-state index in [1.165, 1.54) is 11.1 Å². The molecule has 0 bridgehead atoms. The van der Waals surface area contributed by atoms with Crippen molar-refractivity contribution in [3.63, 3.8) is 0 Å². The molecule has 21 heavy (non-hydrogen) atoms. The van der Waals surface area contributed by atoms with Crippen molar-refractivity contribution in [3.8, 4) is 0 Å². The van der Waals surface area contributed by atoms with Crippen LogP contribution in [0.1, 0.15) is 23.9 Å². The monoisotopic (exact) mass is 305 g/mol. The van der Waals surface area contributed by atoms with Crippen LogP contribution < -0.4 is 4.90 Å². The number of hydrogen-bond acceptors (Lipinski definition) is 4. The summed E-state index contributed by atoms with van der Waals surface area (Å²) >= 11 is 6.07. The summed E-state index contributed by atoms with van der Waals surface area (Å²) < 4.78 is 5.34. The fourth-order valence-corrected chi connectivity index (χ4v) is 2.27. The molecule has 1 heterocycles. The number of hydrogen-bond donors (Lipinski definition) is 0.